The molecule has 1 rings (SSSR count). The first-order chi connectivity index (χ1) is 6.60. The van der Waals surface area contributed by atoms with Crippen molar-refractivity contribution in [2.75, 3.05) is 12.0 Å². The van der Waals surface area contributed by atoms with Gasteiger partial charge in [-0.1, -0.05) is 0 Å². The maximum Gasteiger partial charge on any atom is 0.416 e. The predicted octanol–water partition coefficient (Wildman–Crippen LogP) is 1.69. The van der Waals surface area contributed by atoms with Crippen LogP contribution in [0, 0.1) is 0 Å². The van der Waals surface area contributed by atoms with Crippen LogP contribution in [0.3, 0.4) is 0 Å². The minimum atomic E-state index is -4.60. The molecule has 7 heteroatoms. The molecular formula is C8H8F3NO2S. The van der Waals surface area contributed by atoms with Crippen LogP contribution in [0.25, 0.3) is 0 Å². The van der Waals surface area contributed by atoms with Gasteiger partial charge in [-0.15, -0.1) is 0 Å². The quantitative estimate of drug-likeness (QED) is 0.758. The van der Waals surface area contributed by atoms with Crippen LogP contribution in [0.2, 0.25) is 0 Å². The van der Waals surface area contributed by atoms with Crippen LogP contribution in [0.1, 0.15) is 5.56 Å². The number of benzene rings is 1. The van der Waals surface area contributed by atoms with Crippen molar-refractivity contribution in [3.8, 4) is 0 Å². The van der Waals surface area contributed by atoms with Crippen molar-refractivity contribution in [1.82, 2.24) is 0 Å². The number of sulfone groups is 1. The van der Waals surface area contributed by atoms with E-state index in [-0.39, 0.29) is 5.69 Å². The Kier molecular flexibility index (Phi) is 2.69. The van der Waals surface area contributed by atoms with Crippen LogP contribution < -0.4 is 5.73 Å². The number of anilines is 1. The molecule has 0 fully saturated rings. The summed E-state index contributed by atoms with van der Waals surface area (Å²) >= 11 is 0. The molecule has 0 saturated carbocycles. The van der Waals surface area contributed by atoms with Gasteiger partial charge in [0.15, 0.2) is 9.84 Å². The first kappa shape index (κ1) is 11.8. The van der Waals surface area contributed by atoms with E-state index in [4.69, 9.17) is 5.73 Å². The standard InChI is InChI=1S/C8H8F3NO2S/c1-15(13,14)7-3-5(8(9,10)11)2-6(12)4-7/h2-4H,12H2,1H3. The van der Waals surface area contributed by atoms with Gasteiger partial charge in [-0.2, -0.15) is 13.2 Å². The van der Waals surface area contributed by atoms with Crippen LogP contribution in [0.15, 0.2) is 23.1 Å². The largest absolute Gasteiger partial charge is 0.416 e. The van der Waals surface area contributed by atoms with Crippen LogP contribution >= 0.6 is 0 Å². The number of nitrogen functional groups attached to an aromatic ring is 1. The Hall–Kier alpha value is -1.24. The number of rotatable bonds is 1. The molecule has 3 nitrogen and oxygen atoms in total. The minimum Gasteiger partial charge on any atom is -0.399 e. The van der Waals surface area contributed by atoms with Gasteiger partial charge < -0.3 is 5.73 Å². The fourth-order valence-corrected chi connectivity index (χ4v) is 1.69. The zero-order valence-electron chi connectivity index (χ0n) is 7.67. The Balaban J connectivity index is 3.43. The molecule has 0 aliphatic heterocycles. The average molecular weight is 239 g/mol. The van der Waals surface area contributed by atoms with Crippen LogP contribution in [-0.2, 0) is 16.0 Å². The van der Waals surface area contributed by atoms with Gasteiger partial charge in [-0.05, 0) is 18.2 Å². The first-order valence-electron chi connectivity index (χ1n) is 3.78. The van der Waals surface area contributed by atoms with Crippen LogP contribution in [0.5, 0.6) is 0 Å². The normalized spacial score (nSPS) is 12.8. The second-order valence-corrected chi connectivity index (χ2v) is 5.08. The first-order valence-corrected chi connectivity index (χ1v) is 5.67. The topological polar surface area (TPSA) is 60.2 Å². The molecule has 0 aliphatic rings. The third-order valence-electron chi connectivity index (χ3n) is 1.68. The molecule has 0 unspecified atom stereocenters. The Morgan fingerprint density at radius 2 is 1.73 bits per heavy atom. The predicted molar refractivity (Wildman–Crippen MR) is 49.0 cm³/mol. The second kappa shape index (κ2) is 3.41. The molecule has 2 N–H and O–H groups in total. The lowest BCUT2D eigenvalue weighted by molar-refractivity contribution is -0.137. The molecule has 0 amide bonds. The number of nitrogens with two attached hydrogens (primary N) is 1. The van der Waals surface area contributed by atoms with Gasteiger partial charge in [0, 0.05) is 11.9 Å². The van der Waals surface area contributed by atoms with E-state index in [9.17, 15) is 21.6 Å². The summed E-state index contributed by atoms with van der Waals surface area (Å²) in [5.41, 5.74) is 3.89. The Bertz CT molecular complexity index is 479. The van der Waals surface area contributed by atoms with Crippen molar-refractivity contribution in [2.45, 2.75) is 11.1 Å². The fraction of sp³-hybridized carbons (Fsp3) is 0.250. The van der Waals surface area contributed by atoms with E-state index in [1.165, 1.54) is 0 Å². The molecule has 0 bridgehead atoms. The van der Waals surface area contributed by atoms with Gasteiger partial charge in [-0.3, -0.25) is 0 Å². The van der Waals surface area contributed by atoms with Gasteiger partial charge >= 0.3 is 6.18 Å². The summed E-state index contributed by atoms with van der Waals surface area (Å²) in [6.07, 6.45) is -3.78. The van der Waals surface area contributed by atoms with E-state index in [1.54, 1.807) is 0 Å². The highest BCUT2D eigenvalue weighted by atomic mass is 32.2. The third-order valence-corrected chi connectivity index (χ3v) is 2.78. The summed E-state index contributed by atoms with van der Waals surface area (Å²) in [6, 6.07) is 2.24. The molecular weight excluding hydrogens is 231 g/mol. The zero-order chi connectivity index (χ0) is 11.9. The Morgan fingerprint density at radius 1 is 1.20 bits per heavy atom. The van der Waals surface area contributed by atoms with Crippen molar-refractivity contribution in [1.29, 1.82) is 0 Å². The van der Waals surface area contributed by atoms with Crippen molar-refractivity contribution < 1.29 is 21.6 Å². The molecule has 0 aromatic heterocycles. The lowest BCUT2D eigenvalue weighted by atomic mass is 10.2. The van der Waals surface area contributed by atoms with Gasteiger partial charge in [0.1, 0.15) is 0 Å². The number of hydrogen-bond donors (Lipinski definition) is 1. The third kappa shape index (κ3) is 2.85. The smallest absolute Gasteiger partial charge is 0.399 e. The Morgan fingerprint density at radius 3 is 2.13 bits per heavy atom. The molecule has 1 aromatic rings. The molecule has 15 heavy (non-hydrogen) atoms. The maximum absolute atomic E-state index is 12.3. The van der Waals surface area contributed by atoms with Gasteiger partial charge in [0.25, 0.3) is 0 Å². The minimum absolute atomic E-state index is 0.231. The summed E-state index contributed by atoms with van der Waals surface area (Å²) in [5.74, 6) is 0. The van der Waals surface area contributed by atoms with Gasteiger partial charge in [0.05, 0.1) is 10.5 Å². The summed E-state index contributed by atoms with van der Waals surface area (Å²) in [7, 11) is -3.69. The van der Waals surface area contributed by atoms with Gasteiger partial charge in [0.2, 0.25) is 0 Å². The van der Waals surface area contributed by atoms with Gasteiger partial charge in [-0.25, -0.2) is 8.42 Å². The molecule has 0 aliphatic carbocycles. The van der Waals surface area contributed by atoms with E-state index in [1.807, 2.05) is 0 Å². The number of alkyl halides is 3. The van der Waals surface area contributed by atoms with Crippen LogP contribution in [0.4, 0.5) is 18.9 Å². The molecule has 0 saturated heterocycles. The summed E-state index contributed by atoms with van der Waals surface area (Å²) < 4.78 is 58.9. The lowest BCUT2D eigenvalue weighted by Gasteiger charge is -2.09. The summed E-state index contributed by atoms with van der Waals surface area (Å²) in [5, 5.41) is 0. The monoisotopic (exact) mass is 239 g/mol. The van der Waals surface area contributed by atoms with Crippen LogP contribution in [-0.4, -0.2) is 14.7 Å². The van der Waals surface area contributed by atoms with Crippen molar-refractivity contribution in [3.63, 3.8) is 0 Å². The van der Waals surface area contributed by atoms with E-state index in [2.05, 4.69) is 0 Å². The second-order valence-electron chi connectivity index (χ2n) is 3.06. The SMILES string of the molecule is CS(=O)(=O)c1cc(N)cc(C(F)(F)F)c1. The zero-order valence-corrected chi connectivity index (χ0v) is 8.48. The molecule has 84 valence electrons. The molecule has 1 aromatic carbocycles. The van der Waals surface area contributed by atoms with E-state index in [0.29, 0.717) is 12.1 Å². The molecule has 0 spiro atoms. The van der Waals surface area contributed by atoms with E-state index >= 15 is 0 Å². The number of hydrogen-bond acceptors (Lipinski definition) is 3. The molecule has 0 atom stereocenters. The number of halogens is 3. The van der Waals surface area contributed by atoms with Crippen molar-refractivity contribution in [2.24, 2.45) is 0 Å². The van der Waals surface area contributed by atoms with Crippen molar-refractivity contribution >= 4 is 15.5 Å². The fourth-order valence-electron chi connectivity index (χ4n) is 1.000. The maximum atomic E-state index is 12.3. The molecule has 0 radical (unpaired) electrons. The van der Waals surface area contributed by atoms with E-state index in [0.717, 1.165) is 12.3 Å². The highest BCUT2D eigenvalue weighted by Crippen LogP contribution is 2.32. The lowest BCUT2D eigenvalue weighted by Crippen LogP contribution is -2.08. The summed E-state index contributed by atoms with van der Waals surface area (Å²) in [4.78, 5) is -0.435. The molecule has 0 heterocycles. The highest BCUT2D eigenvalue weighted by molar-refractivity contribution is 7.90. The highest BCUT2D eigenvalue weighted by Gasteiger charge is 2.31. The van der Waals surface area contributed by atoms with Crippen molar-refractivity contribution in [3.05, 3.63) is 23.8 Å². The summed E-state index contributed by atoms with van der Waals surface area (Å²) in [6.45, 7) is 0. The van der Waals surface area contributed by atoms with E-state index < -0.39 is 26.5 Å². The Labute approximate surface area is 84.6 Å². The average Bonchev–Trinajstić information content (AvgIpc) is 1.99.